The van der Waals surface area contributed by atoms with Crippen molar-refractivity contribution in [2.75, 3.05) is 0 Å². The Kier molecular flexibility index (Phi) is 4.28. The van der Waals surface area contributed by atoms with Crippen LogP contribution in [0.15, 0.2) is 51.9 Å². The number of halogens is 4. The minimum atomic E-state index is -4.87. The molecule has 0 saturated carbocycles. The standard InChI is InChI=1S/C15H9F4N3O3S/c16-12-6-3-9(7-11(12)15(17,18)19)14-21-13(22-25-14)8-1-4-10(5-2-8)26(20,23)24/h1-7H,(H2,20,23,24). The van der Waals surface area contributed by atoms with E-state index in [0.717, 1.165) is 6.07 Å². The van der Waals surface area contributed by atoms with Crippen molar-refractivity contribution in [3.8, 4) is 22.8 Å². The molecule has 0 bridgehead atoms. The number of rotatable bonds is 3. The highest BCUT2D eigenvalue weighted by Gasteiger charge is 2.34. The van der Waals surface area contributed by atoms with E-state index in [4.69, 9.17) is 9.66 Å². The van der Waals surface area contributed by atoms with Gasteiger partial charge < -0.3 is 4.52 Å². The van der Waals surface area contributed by atoms with Crippen LogP contribution >= 0.6 is 0 Å². The van der Waals surface area contributed by atoms with Crippen LogP contribution in [-0.4, -0.2) is 18.6 Å². The molecule has 3 rings (SSSR count). The maximum absolute atomic E-state index is 13.3. The van der Waals surface area contributed by atoms with Gasteiger partial charge in [0.05, 0.1) is 10.5 Å². The Morgan fingerprint density at radius 3 is 2.19 bits per heavy atom. The first kappa shape index (κ1) is 18.0. The largest absolute Gasteiger partial charge is 0.419 e. The number of aromatic nitrogens is 2. The average Bonchev–Trinajstić information content (AvgIpc) is 3.03. The van der Waals surface area contributed by atoms with Crippen LogP contribution in [-0.2, 0) is 16.2 Å². The summed E-state index contributed by atoms with van der Waals surface area (Å²) in [6, 6.07) is 7.46. The van der Waals surface area contributed by atoms with Gasteiger partial charge in [-0.2, -0.15) is 18.2 Å². The van der Waals surface area contributed by atoms with Crippen LogP contribution in [0.2, 0.25) is 0 Å². The lowest BCUT2D eigenvalue weighted by Gasteiger charge is -2.08. The summed E-state index contributed by atoms with van der Waals surface area (Å²) in [6.07, 6.45) is -4.87. The predicted molar refractivity (Wildman–Crippen MR) is 81.5 cm³/mol. The molecule has 6 nitrogen and oxygen atoms in total. The average molecular weight is 387 g/mol. The number of hydrogen-bond donors (Lipinski definition) is 1. The molecule has 26 heavy (non-hydrogen) atoms. The van der Waals surface area contributed by atoms with Gasteiger partial charge in [0, 0.05) is 11.1 Å². The zero-order valence-corrected chi connectivity index (χ0v) is 13.5. The highest BCUT2D eigenvalue weighted by molar-refractivity contribution is 7.89. The Balaban J connectivity index is 1.96. The van der Waals surface area contributed by atoms with Crippen molar-refractivity contribution < 1.29 is 30.5 Å². The molecule has 0 atom stereocenters. The molecule has 0 amide bonds. The van der Waals surface area contributed by atoms with Gasteiger partial charge in [0.15, 0.2) is 0 Å². The lowest BCUT2D eigenvalue weighted by Crippen LogP contribution is -2.11. The molecular formula is C15H9F4N3O3S. The van der Waals surface area contributed by atoms with Gasteiger partial charge in [0.25, 0.3) is 5.89 Å². The van der Waals surface area contributed by atoms with Crippen LogP contribution in [0.4, 0.5) is 17.6 Å². The van der Waals surface area contributed by atoms with Gasteiger partial charge in [-0.3, -0.25) is 0 Å². The van der Waals surface area contributed by atoms with Crippen molar-refractivity contribution in [1.29, 1.82) is 0 Å². The number of sulfonamides is 1. The molecule has 11 heteroatoms. The summed E-state index contributed by atoms with van der Waals surface area (Å²) in [5, 5.41) is 8.61. The van der Waals surface area contributed by atoms with E-state index >= 15 is 0 Å². The van der Waals surface area contributed by atoms with Gasteiger partial charge in [-0.15, -0.1) is 0 Å². The van der Waals surface area contributed by atoms with Crippen molar-refractivity contribution in [2.24, 2.45) is 5.14 Å². The molecular weight excluding hydrogens is 378 g/mol. The summed E-state index contributed by atoms with van der Waals surface area (Å²) in [5.74, 6) is -1.65. The van der Waals surface area contributed by atoms with Crippen molar-refractivity contribution in [2.45, 2.75) is 11.1 Å². The number of hydrogen-bond acceptors (Lipinski definition) is 5. The van der Waals surface area contributed by atoms with Crippen LogP contribution in [0.5, 0.6) is 0 Å². The van der Waals surface area contributed by atoms with E-state index in [9.17, 15) is 26.0 Å². The van der Waals surface area contributed by atoms with E-state index < -0.39 is 27.6 Å². The van der Waals surface area contributed by atoms with Gasteiger partial charge in [-0.25, -0.2) is 17.9 Å². The first-order chi connectivity index (χ1) is 12.1. The third-order valence-corrected chi connectivity index (χ3v) is 4.32. The lowest BCUT2D eigenvalue weighted by atomic mass is 10.1. The Hall–Kier alpha value is -2.79. The van der Waals surface area contributed by atoms with Gasteiger partial charge in [-0.1, -0.05) is 5.16 Å². The second kappa shape index (κ2) is 6.18. The van der Waals surface area contributed by atoms with Gasteiger partial charge in [0.1, 0.15) is 5.82 Å². The van der Waals surface area contributed by atoms with Crippen molar-refractivity contribution in [3.05, 3.63) is 53.8 Å². The van der Waals surface area contributed by atoms with Crippen LogP contribution in [0, 0.1) is 5.82 Å². The smallest absolute Gasteiger partial charge is 0.334 e. The zero-order valence-electron chi connectivity index (χ0n) is 12.7. The summed E-state index contributed by atoms with van der Waals surface area (Å²) in [4.78, 5) is 3.82. The van der Waals surface area contributed by atoms with E-state index in [1.165, 1.54) is 24.3 Å². The summed E-state index contributed by atoms with van der Waals surface area (Å²) < 4.78 is 79.0. The molecule has 0 spiro atoms. The summed E-state index contributed by atoms with van der Waals surface area (Å²) in [5.41, 5.74) is -1.21. The fraction of sp³-hybridized carbons (Fsp3) is 0.0667. The van der Waals surface area contributed by atoms with E-state index in [1.54, 1.807) is 0 Å². The lowest BCUT2D eigenvalue weighted by molar-refractivity contribution is -0.139. The molecule has 0 aliphatic carbocycles. The Morgan fingerprint density at radius 2 is 1.62 bits per heavy atom. The third kappa shape index (κ3) is 3.58. The highest BCUT2D eigenvalue weighted by atomic mass is 32.2. The number of nitrogens with zero attached hydrogens (tertiary/aromatic N) is 2. The Labute approximate surface area is 144 Å². The van der Waals surface area contributed by atoms with E-state index in [0.29, 0.717) is 17.7 Å². The number of benzene rings is 2. The molecule has 0 unspecified atom stereocenters. The summed E-state index contributed by atoms with van der Waals surface area (Å²) in [6.45, 7) is 0. The number of alkyl halides is 3. The van der Waals surface area contributed by atoms with Crippen molar-refractivity contribution >= 4 is 10.0 Å². The summed E-state index contributed by atoms with van der Waals surface area (Å²) in [7, 11) is -3.87. The maximum atomic E-state index is 13.3. The predicted octanol–water partition coefficient (Wildman–Crippen LogP) is 3.21. The molecule has 0 radical (unpaired) electrons. The molecule has 3 aromatic rings. The quantitative estimate of drug-likeness (QED) is 0.696. The molecule has 1 heterocycles. The highest BCUT2D eigenvalue weighted by Crippen LogP contribution is 2.34. The molecule has 1 aromatic heterocycles. The zero-order chi connectivity index (χ0) is 19.1. The topological polar surface area (TPSA) is 99.1 Å². The van der Waals surface area contributed by atoms with Crippen LogP contribution in [0.1, 0.15) is 5.56 Å². The molecule has 2 aromatic carbocycles. The second-order valence-electron chi connectivity index (χ2n) is 5.18. The number of nitrogens with two attached hydrogens (primary N) is 1. The maximum Gasteiger partial charge on any atom is 0.419 e. The molecule has 0 fully saturated rings. The minimum Gasteiger partial charge on any atom is -0.334 e. The Morgan fingerprint density at radius 1 is 1.00 bits per heavy atom. The first-order valence-corrected chi connectivity index (χ1v) is 8.44. The van der Waals surface area contributed by atoms with Crippen molar-refractivity contribution in [3.63, 3.8) is 0 Å². The van der Waals surface area contributed by atoms with Gasteiger partial charge in [0.2, 0.25) is 15.8 Å². The van der Waals surface area contributed by atoms with E-state index in [2.05, 4.69) is 10.1 Å². The SMILES string of the molecule is NS(=O)(=O)c1ccc(-c2noc(-c3ccc(F)c(C(F)(F)F)c3)n2)cc1. The fourth-order valence-corrected chi connectivity index (χ4v) is 2.64. The van der Waals surface area contributed by atoms with E-state index in [-0.39, 0.29) is 22.2 Å². The fourth-order valence-electron chi connectivity index (χ4n) is 2.13. The molecule has 0 saturated heterocycles. The molecule has 0 aliphatic heterocycles. The Bertz CT molecular complexity index is 1060. The van der Waals surface area contributed by atoms with E-state index in [1.807, 2.05) is 0 Å². The molecule has 2 N–H and O–H groups in total. The van der Waals surface area contributed by atoms with Gasteiger partial charge in [-0.05, 0) is 42.5 Å². The molecule has 0 aliphatic rings. The van der Waals surface area contributed by atoms with Crippen LogP contribution in [0.3, 0.4) is 0 Å². The monoisotopic (exact) mass is 387 g/mol. The van der Waals surface area contributed by atoms with Gasteiger partial charge >= 0.3 is 6.18 Å². The normalized spacial score (nSPS) is 12.3. The van der Waals surface area contributed by atoms with Crippen molar-refractivity contribution in [1.82, 2.24) is 10.1 Å². The molecule has 136 valence electrons. The summed E-state index contributed by atoms with van der Waals surface area (Å²) >= 11 is 0. The second-order valence-corrected chi connectivity index (χ2v) is 6.75. The minimum absolute atomic E-state index is 0.0128. The van der Waals surface area contributed by atoms with Crippen LogP contribution in [0.25, 0.3) is 22.8 Å². The number of primary sulfonamides is 1. The third-order valence-electron chi connectivity index (χ3n) is 3.39. The first-order valence-electron chi connectivity index (χ1n) is 6.90. The van der Waals surface area contributed by atoms with Crippen LogP contribution < -0.4 is 5.14 Å².